The van der Waals surface area contributed by atoms with Gasteiger partial charge in [0.05, 0.1) is 6.04 Å². The Bertz CT molecular complexity index is 1370. The lowest BCUT2D eigenvalue weighted by Crippen LogP contribution is -2.56. The minimum Gasteiger partial charge on any atom is -0.445 e. The number of unbranched alkanes of at least 4 members (excludes halogenated alkanes) is 1. The quantitative estimate of drug-likeness (QED) is 0.0778. The van der Waals surface area contributed by atoms with Crippen LogP contribution in [0, 0.1) is 5.92 Å². The highest BCUT2D eigenvalue weighted by molar-refractivity contribution is 5.92. The lowest BCUT2D eigenvalue weighted by Gasteiger charge is -2.25. The third kappa shape index (κ3) is 18.1. The van der Waals surface area contributed by atoms with Crippen molar-refractivity contribution in [1.82, 2.24) is 26.7 Å². The minimum absolute atomic E-state index is 0.0231. The number of nitrogens with one attached hydrogen (secondary N) is 5. The average Bonchev–Trinajstić information content (AvgIpc) is 3.02. The molecule has 2 aromatic carbocycles. The molecule has 0 fully saturated rings. The molecule has 14 nitrogen and oxygen atoms in total. The van der Waals surface area contributed by atoms with Gasteiger partial charge in [0.1, 0.15) is 24.3 Å². The zero-order valence-corrected chi connectivity index (χ0v) is 29.0. The fourth-order valence-corrected chi connectivity index (χ4v) is 4.59. The fourth-order valence-electron chi connectivity index (χ4n) is 4.59. The minimum atomic E-state index is -1.04. The third-order valence-corrected chi connectivity index (χ3v) is 6.81. The first kappa shape index (κ1) is 40.0. The summed E-state index contributed by atoms with van der Waals surface area (Å²) in [5.74, 6) is -1.01. The highest BCUT2D eigenvalue weighted by atomic mass is 16.6. The molecule has 14 heteroatoms. The number of amides is 6. The molecule has 0 aliphatic carbocycles. The van der Waals surface area contributed by atoms with Gasteiger partial charge in [-0.05, 0) is 63.5 Å². The molecular weight excluding hydrogens is 630 g/mol. The van der Waals surface area contributed by atoms with Crippen molar-refractivity contribution in [2.24, 2.45) is 16.8 Å². The number of hydrogen-bond acceptors (Lipinski definition) is 8. The molecule has 7 N–H and O–H groups in total. The Balaban J connectivity index is 2.11. The molecule has 0 spiro atoms. The molecule has 268 valence electrons. The summed E-state index contributed by atoms with van der Waals surface area (Å²) in [5.41, 5.74) is 8.22. The molecule has 3 atom stereocenters. The number of nitrogens with zero attached hydrogens (tertiary/aromatic N) is 1. The maximum Gasteiger partial charge on any atom is 0.408 e. The summed E-state index contributed by atoms with van der Waals surface area (Å²) >= 11 is 0. The topological polar surface area (TPSA) is 202 Å². The van der Waals surface area contributed by atoms with Crippen LogP contribution in [-0.2, 0) is 32.1 Å². The highest BCUT2D eigenvalue weighted by Crippen LogP contribution is 2.11. The Morgan fingerprint density at radius 3 is 2.02 bits per heavy atom. The van der Waals surface area contributed by atoms with Gasteiger partial charge in [0.15, 0.2) is 0 Å². The fraction of sp³-hybridized carbons (Fsp3) is 0.486. The Labute approximate surface area is 288 Å². The van der Waals surface area contributed by atoms with E-state index in [1.807, 2.05) is 74.5 Å². The molecular formula is C35H51N7O7. The summed E-state index contributed by atoms with van der Waals surface area (Å²) in [7, 11) is 0. The van der Waals surface area contributed by atoms with Gasteiger partial charge in [0.2, 0.25) is 11.8 Å². The van der Waals surface area contributed by atoms with Gasteiger partial charge in [-0.1, -0.05) is 74.5 Å². The molecule has 0 unspecified atom stereocenters. The molecule has 0 bridgehead atoms. The zero-order valence-electron chi connectivity index (χ0n) is 29.0. The second-order valence-corrected chi connectivity index (χ2v) is 12.9. The first-order chi connectivity index (χ1) is 23.2. The molecule has 2 aromatic rings. The second kappa shape index (κ2) is 21.0. The van der Waals surface area contributed by atoms with Crippen molar-refractivity contribution >= 4 is 36.2 Å². The number of hydrogen-bond donors (Lipinski definition) is 6. The van der Waals surface area contributed by atoms with E-state index >= 15 is 0 Å². The van der Waals surface area contributed by atoms with E-state index in [4.69, 9.17) is 15.2 Å². The van der Waals surface area contributed by atoms with Crippen LogP contribution in [0.15, 0.2) is 65.8 Å². The second-order valence-electron chi connectivity index (χ2n) is 12.9. The molecule has 0 aromatic heterocycles. The van der Waals surface area contributed by atoms with Crippen molar-refractivity contribution < 1.29 is 33.4 Å². The smallest absolute Gasteiger partial charge is 0.408 e. The number of ether oxygens (including phenoxy) is 2. The van der Waals surface area contributed by atoms with Gasteiger partial charge in [-0.25, -0.2) is 19.8 Å². The first-order valence-corrected chi connectivity index (χ1v) is 16.4. The molecule has 0 saturated heterocycles. The number of carbonyl (C=O) groups excluding carboxylic acids is 5. The van der Waals surface area contributed by atoms with Gasteiger partial charge in [-0.2, -0.15) is 5.10 Å². The van der Waals surface area contributed by atoms with Crippen LogP contribution < -0.4 is 32.4 Å². The molecule has 0 aliphatic rings. The molecule has 0 radical (unpaired) electrons. The predicted molar refractivity (Wildman–Crippen MR) is 186 cm³/mol. The van der Waals surface area contributed by atoms with E-state index in [-0.39, 0.29) is 18.9 Å². The van der Waals surface area contributed by atoms with E-state index in [0.29, 0.717) is 32.2 Å². The van der Waals surface area contributed by atoms with Crippen molar-refractivity contribution in [1.29, 1.82) is 0 Å². The standard InChI is InChI=1S/C35H51N7O7/c1-24(2)20-28(30(43)39-27(22-38-42-32(36)45)18-12-13-19-37-33(46)49-35(3,4)5)40-31(44)29(21-25-14-8-6-9-15-25)41-34(47)48-23-26-16-10-7-11-17-26/h6-11,14-17,22,24,27-29H,12-13,18-21,23H2,1-5H3,(H,37,46)(H,39,43)(H,40,44)(H,41,47)(H3,36,42,45)/b38-22+/t27-,28-,29-/m0/s1. The van der Waals surface area contributed by atoms with Crippen molar-refractivity contribution in [3.63, 3.8) is 0 Å². The predicted octanol–water partition coefficient (Wildman–Crippen LogP) is 3.89. The van der Waals surface area contributed by atoms with Crippen LogP contribution in [0.5, 0.6) is 0 Å². The summed E-state index contributed by atoms with van der Waals surface area (Å²) in [6.07, 6.45) is 2.05. The van der Waals surface area contributed by atoms with Crippen LogP contribution in [0.1, 0.15) is 71.4 Å². The van der Waals surface area contributed by atoms with Gasteiger partial charge in [-0.3, -0.25) is 9.59 Å². The summed E-state index contributed by atoms with van der Waals surface area (Å²) in [5, 5.41) is 14.9. The molecule has 2 rings (SSSR count). The Morgan fingerprint density at radius 1 is 0.816 bits per heavy atom. The number of hydrazone groups is 1. The van der Waals surface area contributed by atoms with E-state index in [1.165, 1.54) is 6.21 Å². The SMILES string of the molecule is CC(C)C[C@H](NC(=O)[C@H](Cc1ccccc1)NC(=O)OCc1ccccc1)C(=O)N[C@H](/C=N/NC(N)=O)CCCCNC(=O)OC(C)(C)C. The highest BCUT2D eigenvalue weighted by Gasteiger charge is 2.29. The summed E-state index contributed by atoms with van der Waals surface area (Å²) in [4.78, 5) is 63.2. The van der Waals surface area contributed by atoms with Crippen LogP contribution in [0.2, 0.25) is 0 Å². The zero-order chi connectivity index (χ0) is 36.2. The van der Waals surface area contributed by atoms with Gasteiger partial charge >= 0.3 is 18.2 Å². The van der Waals surface area contributed by atoms with Gasteiger partial charge in [-0.15, -0.1) is 0 Å². The Kier molecular flexibility index (Phi) is 17.1. The lowest BCUT2D eigenvalue weighted by molar-refractivity contribution is -0.130. The van der Waals surface area contributed by atoms with Crippen molar-refractivity contribution in [3.05, 3.63) is 71.8 Å². The molecule has 6 amide bonds. The van der Waals surface area contributed by atoms with E-state index in [0.717, 1.165) is 11.1 Å². The summed E-state index contributed by atoms with van der Waals surface area (Å²) in [6, 6.07) is 14.8. The Morgan fingerprint density at radius 2 is 1.43 bits per heavy atom. The van der Waals surface area contributed by atoms with Crippen molar-refractivity contribution in [2.45, 2.75) is 97.1 Å². The molecule has 0 aliphatic heterocycles. The Hall–Kier alpha value is -5.14. The van der Waals surface area contributed by atoms with Crippen molar-refractivity contribution in [2.75, 3.05) is 6.54 Å². The summed E-state index contributed by atoms with van der Waals surface area (Å²) < 4.78 is 10.6. The van der Waals surface area contributed by atoms with Crippen LogP contribution >= 0.6 is 0 Å². The molecule has 0 saturated carbocycles. The monoisotopic (exact) mass is 681 g/mol. The van der Waals surface area contributed by atoms with Gasteiger partial charge in [0.25, 0.3) is 0 Å². The number of nitrogens with two attached hydrogens (primary N) is 1. The third-order valence-electron chi connectivity index (χ3n) is 6.81. The van der Waals surface area contributed by atoms with Gasteiger partial charge < -0.3 is 36.5 Å². The van der Waals surface area contributed by atoms with Gasteiger partial charge in [0, 0.05) is 19.2 Å². The first-order valence-electron chi connectivity index (χ1n) is 16.4. The van der Waals surface area contributed by atoms with E-state index in [2.05, 4.69) is 31.8 Å². The lowest BCUT2D eigenvalue weighted by atomic mass is 10.0. The average molecular weight is 682 g/mol. The van der Waals surface area contributed by atoms with Crippen LogP contribution in [-0.4, -0.2) is 66.5 Å². The number of urea groups is 1. The number of rotatable bonds is 18. The molecule has 49 heavy (non-hydrogen) atoms. The largest absolute Gasteiger partial charge is 0.445 e. The van der Waals surface area contributed by atoms with Crippen molar-refractivity contribution in [3.8, 4) is 0 Å². The maximum absolute atomic E-state index is 13.7. The van der Waals surface area contributed by atoms with E-state index < -0.39 is 53.8 Å². The maximum atomic E-state index is 13.7. The van der Waals surface area contributed by atoms with E-state index in [9.17, 15) is 24.0 Å². The summed E-state index contributed by atoms with van der Waals surface area (Å²) in [6.45, 7) is 9.53. The van der Waals surface area contributed by atoms with Crippen LogP contribution in [0.3, 0.4) is 0 Å². The number of carbonyl (C=O) groups is 5. The normalized spacial score (nSPS) is 13.1. The number of benzene rings is 2. The number of primary amides is 1. The van der Waals surface area contributed by atoms with Crippen LogP contribution in [0.4, 0.5) is 14.4 Å². The molecule has 0 heterocycles. The number of alkyl carbamates (subject to hydrolysis) is 2. The van der Waals surface area contributed by atoms with Crippen LogP contribution in [0.25, 0.3) is 0 Å². The van der Waals surface area contributed by atoms with E-state index in [1.54, 1.807) is 20.8 Å².